The van der Waals surface area contributed by atoms with E-state index in [1.807, 2.05) is 0 Å². The van der Waals surface area contributed by atoms with E-state index in [-0.39, 0.29) is 24.0 Å². The highest BCUT2D eigenvalue weighted by Gasteiger charge is 2.32. The van der Waals surface area contributed by atoms with Gasteiger partial charge < -0.3 is 0 Å². The van der Waals surface area contributed by atoms with Crippen LogP contribution < -0.4 is 0 Å². The SMILES string of the molecule is CCCCCCCC(CCCCCC)C(P)(CCCCCCC)CCCCCCC.I. The molecule has 2 unspecified atom stereocenters. The van der Waals surface area contributed by atoms with Crippen molar-refractivity contribution >= 4 is 33.2 Å². The molecule has 2 heteroatoms. The van der Waals surface area contributed by atoms with Crippen molar-refractivity contribution in [2.75, 3.05) is 0 Å². The molecule has 190 valence electrons. The summed E-state index contributed by atoms with van der Waals surface area (Å²) in [7, 11) is 3.48. The number of hydrogen-bond acceptors (Lipinski definition) is 0. The van der Waals surface area contributed by atoms with Gasteiger partial charge in [0.25, 0.3) is 0 Å². The molecule has 0 radical (unpaired) electrons. The van der Waals surface area contributed by atoms with Gasteiger partial charge in [0, 0.05) is 0 Å². The topological polar surface area (TPSA) is 0 Å². The van der Waals surface area contributed by atoms with Crippen molar-refractivity contribution < 1.29 is 0 Å². The van der Waals surface area contributed by atoms with Gasteiger partial charge in [-0.1, -0.05) is 150 Å². The normalized spacial score (nSPS) is 12.7. The number of halogens is 1. The molecule has 0 aliphatic rings. The molecule has 2 atom stereocenters. The molecule has 0 spiro atoms. The molecule has 0 aromatic carbocycles. The second-order valence-electron chi connectivity index (χ2n) is 10.3. The maximum Gasteiger partial charge on any atom is -0.0122 e. The largest absolute Gasteiger partial charge is 0.131 e. The molecule has 0 aromatic rings. The van der Waals surface area contributed by atoms with Crippen molar-refractivity contribution in [2.24, 2.45) is 5.92 Å². The summed E-state index contributed by atoms with van der Waals surface area (Å²) >= 11 is 0. The van der Waals surface area contributed by atoms with E-state index in [4.69, 9.17) is 0 Å². The van der Waals surface area contributed by atoms with Gasteiger partial charge in [0.15, 0.2) is 0 Å². The Kier molecular flexibility index (Phi) is 28.5. The molecule has 0 saturated carbocycles. The Morgan fingerprint density at radius 2 is 0.742 bits per heavy atom. The lowest BCUT2D eigenvalue weighted by molar-refractivity contribution is 0.269. The zero-order valence-corrected chi connectivity index (χ0v) is 25.8. The average Bonchev–Trinajstić information content (AvgIpc) is 2.74. The molecular formula is C29H62IP. The number of hydrogen-bond donors (Lipinski definition) is 0. The Morgan fingerprint density at radius 1 is 0.452 bits per heavy atom. The first-order valence-electron chi connectivity index (χ1n) is 14.4. The standard InChI is InChI=1S/C29H61P.HI/c1-5-9-13-17-21-25-28(24-20-16-12-8-4)29(30,26-22-18-14-10-6-2)27-23-19-15-11-7-3;/h28H,5-27,30H2,1-4H3;1H. The van der Waals surface area contributed by atoms with E-state index < -0.39 is 0 Å². The molecule has 0 rings (SSSR count). The zero-order chi connectivity index (χ0) is 22.3. The van der Waals surface area contributed by atoms with Gasteiger partial charge in [-0.15, -0.1) is 33.2 Å². The van der Waals surface area contributed by atoms with Crippen LogP contribution in [0.15, 0.2) is 0 Å². The van der Waals surface area contributed by atoms with Crippen LogP contribution in [0.1, 0.15) is 175 Å². The first-order chi connectivity index (χ1) is 14.6. The third kappa shape index (κ3) is 20.3. The Labute approximate surface area is 218 Å². The molecule has 0 aromatic heterocycles. The van der Waals surface area contributed by atoms with E-state index in [9.17, 15) is 0 Å². The zero-order valence-electron chi connectivity index (χ0n) is 22.3. The quantitative estimate of drug-likeness (QED) is 0.0617. The summed E-state index contributed by atoms with van der Waals surface area (Å²) in [5, 5.41) is 0.523. The lowest BCUT2D eigenvalue weighted by Crippen LogP contribution is -2.32. The van der Waals surface area contributed by atoms with E-state index >= 15 is 0 Å². The van der Waals surface area contributed by atoms with Crippen molar-refractivity contribution in [1.82, 2.24) is 0 Å². The molecular weight excluding hydrogens is 506 g/mol. The van der Waals surface area contributed by atoms with Crippen LogP contribution in [-0.2, 0) is 0 Å². The van der Waals surface area contributed by atoms with Crippen LogP contribution in [0.5, 0.6) is 0 Å². The fraction of sp³-hybridized carbons (Fsp3) is 1.00. The third-order valence-electron chi connectivity index (χ3n) is 7.37. The Morgan fingerprint density at radius 3 is 1.10 bits per heavy atom. The van der Waals surface area contributed by atoms with Crippen LogP contribution in [0.25, 0.3) is 0 Å². The Balaban J connectivity index is 0. The van der Waals surface area contributed by atoms with Gasteiger partial charge in [-0.05, 0) is 36.8 Å². The fourth-order valence-electron chi connectivity index (χ4n) is 5.18. The summed E-state index contributed by atoms with van der Waals surface area (Å²) in [4.78, 5) is 0. The van der Waals surface area contributed by atoms with Gasteiger partial charge in [0.1, 0.15) is 0 Å². The predicted octanol–water partition coefficient (Wildman–Crippen LogP) is 11.9. The van der Waals surface area contributed by atoms with Crippen molar-refractivity contribution in [2.45, 2.75) is 181 Å². The van der Waals surface area contributed by atoms with Gasteiger partial charge in [-0.3, -0.25) is 0 Å². The third-order valence-corrected chi connectivity index (χ3v) is 8.42. The summed E-state index contributed by atoms with van der Waals surface area (Å²) < 4.78 is 0. The second kappa shape index (κ2) is 25.8. The van der Waals surface area contributed by atoms with E-state index in [0.717, 1.165) is 5.92 Å². The molecule has 0 amide bonds. The molecule has 31 heavy (non-hydrogen) atoms. The maximum atomic E-state index is 3.48. The van der Waals surface area contributed by atoms with Crippen LogP contribution in [0.3, 0.4) is 0 Å². The molecule has 0 aliphatic heterocycles. The molecule has 0 fully saturated rings. The minimum Gasteiger partial charge on any atom is -0.131 e. The first-order valence-corrected chi connectivity index (χ1v) is 15.0. The van der Waals surface area contributed by atoms with Crippen LogP contribution in [0, 0.1) is 5.92 Å². The second-order valence-corrected chi connectivity index (χ2v) is 11.5. The van der Waals surface area contributed by atoms with Crippen molar-refractivity contribution in [3.63, 3.8) is 0 Å². The van der Waals surface area contributed by atoms with E-state index in [2.05, 4.69) is 36.9 Å². The lowest BCUT2D eigenvalue weighted by Gasteiger charge is -2.39. The van der Waals surface area contributed by atoms with E-state index in [1.54, 1.807) is 0 Å². The van der Waals surface area contributed by atoms with E-state index in [0.29, 0.717) is 5.16 Å². The predicted molar refractivity (Wildman–Crippen MR) is 160 cm³/mol. The molecule has 0 aliphatic carbocycles. The monoisotopic (exact) mass is 568 g/mol. The number of unbranched alkanes of at least 4 members (excludes halogenated alkanes) is 15. The van der Waals surface area contributed by atoms with Crippen molar-refractivity contribution in [1.29, 1.82) is 0 Å². The molecule has 0 bridgehead atoms. The molecule has 0 nitrogen and oxygen atoms in total. The average molecular weight is 569 g/mol. The van der Waals surface area contributed by atoms with Crippen molar-refractivity contribution in [3.05, 3.63) is 0 Å². The first kappa shape index (κ1) is 34.3. The van der Waals surface area contributed by atoms with Crippen molar-refractivity contribution in [3.8, 4) is 0 Å². The maximum absolute atomic E-state index is 3.48. The summed E-state index contributed by atoms with van der Waals surface area (Å²) in [5.41, 5.74) is 0. The highest BCUT2D eigenvalue weighted by molar-refractivity contribution is 14.0. The van der Waals surface area contributed by atoms with Crippen LogP contribution in [0.2, 0.25) is 0 Å². The minimum absolute atomic E-state index is 0. The summed E-state index contributed by atoms with van der Waals surface area (Å²) in [5.74, 6) is 0.943. The summed E-state index contributed by atoms with van der Waals surface area (Å²) in [6, 6.07) is 0. The highest BCUT2D eigenvalue weighted by atomic mass is 127. The smallest absolute Gasteiger partial charge is 0.0122 e. The number of rotatable bonds is 24. The molecule has 0 heterocycles. The minimum atomic E-state index is 0. The van der Waals surface area contributed by atoms with Gasteiger partial charge in [0.2, 0.25) is 0 Å². The summed E-state index contributed by atoms with van der Waals surface area (Å²) in [6.07, 6.45) is 33.1. The lowest BCUT2D eigenvalue weighted by atomic mass is 9.77. The summed E-state index contributed by atoms with van der Waals surface area (Å²) in [6.45, 7) is 9.35. The van der Waals surface area contributed by atoms with Gasteiger partial charge in [-0.2, -0.15) is 0 Å². The van der Waals surface area contributed by atoms with Crippen LogP contribution in [-0.4, -0.2) is 5.16 Å². The molecule has 0 saturated heterocycles. The van der Waals surface area contributed by atoms with Gasteiger partial charge in [0.05, 0.1) is 0 Å². The highest BCUT2D eigenvalue weighted by Crippen LogP contribution is 2.44. The van der Waals surface area contributed by atoms with Crippen LogP contribution in [0.4, 0.5) is 0 Å². The van der Waals surface area contributed by atoms with Gasteiger partial charge >= 0.3 is 0 Å². The van der Waals surface area contributed by atoms with Gasteiger partial charge in [-0.25, -0.2) is 0 Å². The van der Waals surface area contributed by atoms with Crippen LogP contribution >= 0.6 is 33.2 Å². The molecule has 0 N–H and O–H groups in total. The Hall–Kier alpha value is 1.16. The Bertz CT molecular complexity index is 317. The van der Waals surface area contributed by atoms with E-state index in [1.165, 1.54) is 148 Å². The fourth-order valence-corrected chi connectivity index (χ4v) is 5.92.